The smallest absolute Gasteiger partial charge is 0.167 e. The second-order valence-electron chi connectivity index (χ2n) is 8.26. The number of ether oxygens (including phenoxy) is 1. The number of halogens is 2. The van der Waals surface area contributed by atoms with E-state index in [9.17, 15) is 14.0 Å². The van der Waals surface area contributed by atoms with Gasteiger partial charge in [-0.05, 0) is 49.4 Å². The molecule has 2 saturated carbocycles. The third kappa shape index (κ3) is 3.13. The third-order valence-corrected chi connectivity index (χ3v) is 6.09. The molecular weight excluding hydrogens is 374 g/mol. The predicted octanol–water partition coefficient (Wildman–Crippen LogP) is 4.27. The quantitative estimate of drug-likeness (QED) is 0.648. The number of pyridine rings is 1. The highest BCUT2D eigenvalue weighted by Crippen LogP contribution is 2.46. The largest absolute Gasteiger partial charge is 0.490 e. The summed E-state index contributed by atoms with van der Waals surface area (Å²) in [5, 5.41) is 18.3. The Hall–Kier alpha value is -3.01. The van der Waals surface area contributed by atoms with Crippen LogP contribution in [0.25, 0.3) is 5.65 Å². The molecule has 2 heterocycles. The number of hydrogen-bond donors (Lipinski definition) is 0. The lowest BCUT2D eigenvalue weighted by atomic mass is 9.63. The van der Waals surface area contributed by atoms with Gasteiger partial charge in [0.2, 0.25) is 0 Å². The first-order chi connectivity index (χ1) is 14.0. The predicted molar refractivity (Wildman–Crippen MR) is 101 cm³/mol. The number of fused-ring (bicyclic) bond motifs is 1. The maximum Gasteiger partial charge on any atom is 0.167 e. The van der Waals surface area contributed by atoms with E-state index in [0.29, 0.717) is 24.2 Å². The van der Waals surface area contributed by atoms with Crippen LogP contribution in [0.2, 0.25) is 0 Å². The summed E-state index contributed by atoms with van der Waals surface area (Å²) in [6, 6.07) is 7.41. The first-order valence-electron chi connectivity index (χ1n) is 9.85. The molecule has 2 aliphatic carbocycles. The average Bonchev–Trinajstić information content (AvgIpc) is 3.37. The van der Waals surface area contributed by atoms with Crippen LogP contribution in [0.4, 0.5) is 8.78 Å². The second-order valence-corrected chi connectivity index (χ2v) is 8.26. The van der Waals surface area contributed by atoms with Crippen LogP contribution in [0.1, 0.15) is 42.6 Å². The summed E-state index contributed by atoms with van der Waals surface area (Å²) in [5.41, 5.74) is 1.12. The van der Waals surface area contributed by atoms with Gasteiger partial charge >= 0.3 is 0 Å². The van der Waals surface area contributed by atoms with Crippen LogP contribution >= 0.6 is 0 Å². The van der Waals surface area contributed by atoms with Gasteiger partial charge in [-0.1, -0.05) is 0 Å². The lowest BCUT2D eigenvalue weighted by Gasteiger charge is -2.42. The molecule has 0 N–H and O–H groups in total. The minimum absolute atomic E-state index is 0.198. The van der Waals surface area contributed by atoms with Crippen molar-refractivity contribution in [1.29, 1.82) is 5.26 Å². The van der Waals surface area contributed by atoms with Crippen LogP contribution in [0.15, 0.2) is 30.5 Å². The first-order valence-corrected chi connectivity index (χ1v) is 9.85. The molecule has 148 valence electrons. The van der Waals surface area contributed by atoms with Crippen molar-refractivity contribution in [3.05, 3.63) is 59.0 Å². The Morgan fingerprint density at radius 3 is 2.59 bits per heavy atom. The highest BCUT2D eigenvalue weighted by Gasteiger charge is 2.48. The molecule has 0 radical (unpaired) electrons. The Balaban J connectivity index is 1.34. The molecule has 0 aliphatic heterocycles. The van der Waals surface area contributed by atoms with Crippen LogP contribution in [0.3, 0.4) is 0 Å². The van der Waals surface area contributed by atoms with E-state index >= 15 is 0 Å². The third-order valence-electron chi connectivity index (χ3n) is 6.09. The maximum absolute atomic E-state index is 13.6. The molecule has 29 heavy (non-hydrogen) atoms. The van der Waals surface area contributed by atoms with Crippen LogP contribution in [0.5, 0.6) is 5.75 Å². The Bertz CT molecular complexity index is 1120. The summed E-state index contributed by atoms with van der Waals surface area (Å²) in [6.45, 7) is 1.94. The second kappa shape index (κ2) is 6.51. The Kier molecular flexibility index (Phi) is 4.05. The van der Waals surface area contributed by atoms with Crippen molar-refractivity contribution in [1.82, 2.24) is 14.6 Å². The number of hydrogen-bond acceptors (Lipinski definition) is 4. The van der Waals surface area contributed by atoms with E-state index in [0.717, 1.165) is 35.4 Å². The van der Waals surface area contributed by atoms with Gasteiger partial charge in [0.15, 0.2) is 5.65 Å². The summed E-state index contributed by atoms with van der Waals surface area (Å²) in [6.07, 6.45) is 5.95. The van der Waals surface area contributed by atoms with Crippen molar-refractivity contribution < 1.29 is 13.5 Å². The van der Waals surface area contributed by atoms with Crippen molar-refractivity contribution in [2.45, 2.75) is 50.5 Å². The van der Waals surface area contributed by atoms with E-state index in [4.69, 9.17) is 4.74 Å². The van der Waals surface area contributed by atoms with E-state index < -0.39 is 17.0 Å². The van der Waals surface area contributed by atoms with Crippen molar-refractivity contribution in [2.75, 3.05) is 0 Å². The number of benzene rings is 1. The monoisotopic (exact) mass is 394 g/mol. The topological polar surface area (TPSA) is 63.2 Å². The molecule has 2 aliphatic rings. The van der Waals surface area contributed by atoms with Gasteiger partial charge in [0.25, 0.3) is 0 Å². The SMILES string of the molecule is Cc1c(OC2CC(C#N)(c3cc(F)cc(F)c3)C2)ccn2c(CC3CC3)nnc12. The minimum atomic E-state index is -0.919. The van der Waals surface area contributed by atoms with Crippen LogP contribution in [-0.2, 0) is 11.8 Å². The van der Waals surface area contributed by atoms with Crippen LogP contribution in [-0.4, -0.2) is 20.7 Å². The van der Waals surface area contributed by atoms with Gasteiger partial charge in [0, 0.05) is 37.1 Å². The zero-order valence-corrected chi connectivity index (χ0v) is 16.0. The number of nitriles is 1. The van der Waals surface area contributed by atoms with Crippen LogP contribution < -0.4 is 4.74 Å². The van der Waals surface area contributed by atoms with Gasteiger partial charge in [-0.2, -0.15) is 5.26 Å². The Labute approximate surface area is 166 Å². The Morgan fingerprint density at radius 2 is 1.93 bits per heavy atom. The molecule has 0 bridgehead atoms. The molecule has 0 amide bonds. The van der Waals surface area contributed by atoms with Crippen molar-refractivity contribution in [3.8, 4) is 11.8 Å². The van der Waals surface area contributed by atoms with E-state index in [1.54, 1.807) is 0 Å². The lowest BCUT2D eigenvalue weighted by molar-refractivity contribution is 0.0659. The summed E-state index contributed by atoms with van der Waals surface area (Å²) in [4.78, 5) is 0. The fourth-order valence-electron chi connectivity index (χ4n) is 4.16. The zero-order valence-electron chi connectivity index (χ0n) is 16.0. The Morgan fingerprint density at radius 1 is 1.21 bits per heavy atom. The summed E-state index contributed by atoms with van der Waals surface area (Å²) in [7, 11) is 0. The fraction of sp³-hybridized carbons (Fsp3) is 0.409. The molecule has 2 fully saturated rings. The van der Waals surface area contributed by atoms with Gasteiger partial charge in [-0.3, -0.25) is 4.40 Å². The van der Waals surface area contributed by atoms with Gasteiger partial charge in [-0.15, -0.1) is 10.2 Å². The molecule has 0 spiro atoms. The number of rotatable bonds is 5. The van der Waals surface area contributed by atoms with Gasteiger partial charge in [0.1, 0.15) is 29.3 Å². The molecule has 2 aromatic heterocycles. The molecule has 5 rings (SSSR count). The molecule has 0 atom stereocenters. The van der Waals surface area contributed by atoms with E-state index in [1.807, 2.05) is 23.6 Å². The van der Waals surface area contributed by atoms with Gasteiger partial charge < -0.3 is 4.74 Å². The summed E-state index contributed by atoms with van der Waals surface area (Å²) < 4.78 is 35.3. The maximum atomic E-state index is 13.6. The number of aromatic nitrogens is 3. The molecule has 7 heteroatoms. The number of aryl methyl sites for hydroxylation is 1. The fourth-order valence-corrected chi connectivity index (χ4v) is 4.16. The van der Waals surface area contributed by atoms with Gasteiger partial charge in [-0.25, -0.2) is 8.78 Å². The normalized spacial score (nSPS) is 23.6. The van der Waals surface area contributed by atoms with Crippen molar-refractivity contribution in [3.63, 3.8) is 0 Å². The zero-order chi connectivity index (χ0) is 20.2. The average molecular weight is 394 g/mol. The summed E-state index contributed by atoms with van der Waals surface area (Å²) >= 11 is 0. The standard InChI is InChI=1S/C22H20F2N4O/c1-13-19(4-5-28-20(6-14-2-3-14)26-27-21(13)28)29-18-10-22(11-18,12-25)15-7-16(23)9-17(24)8-15/h4-5,7-9,14,18H,2-3,6,10-11H2,1H3. The van der Waals surface area contributed by atoms with Crippen molar-refractivity contribution in [2.24, 2.45) is 5.92 Å². The lowest BCUT2D eigenvalue weighted by Crippen LogP contribution is -2.46. The minimum Gasteiger partial charge on any atom is -0.490 e. The highest BCUT2D eigenvalue weighted by molar-refractivity contribution is 5.54. The first kappa shape index (κ1) is 18.0. The van der Waals surface area contributed by atoms with Gasteiger partial charge in [0.05, 0.1) is 11.5 Å². The molecule has 0 unspecified atom stereocenters. The molecule has 3 aromatic rings. The van der Waals surface area contributed by atoms with Crippen LogP contribution in [0, 0.1) is 35.8 Å². The van der Waals surface area contributed by atoms with Crippen molar-refractivity contribution >= 4 is 5.65 Å². The molecular formula is C22H20F2N4O. The molecule has 0 saturated heterocycles. The molecule has 1 aromatic carbocycles. The van der Waals surface area contributed by atoms with E-state index in [-0.39, 0.29) is 6.10 Å². The highest BCUT2D eigenvalue weighted by atomic mass is 19.1. The molecule has 5 nitrogen and oxygen atoms in total. The number of nitrogens with zero attached hydrogens (tertiary/aromatic N) is 4. The van der Waals surface area contributed by atoms with E-state index in [2.05, 4.69) is 16.3 Å². The summed E-state index contributed by atoms with van der Waals surface area (Å²) in [5.74, 6) is 1.05. The van der Waals surface area contributed by atoms with E-state index in [1.165, 1.54) is 25.0 Å².